The minimum atomic E-state index is -1.31. The zero-order chi connectivity index (χ0) is 18.1. The van der Waals surface area contributed by atoms with Gasteiger partial charge in [-0.3, -0.25) is 4.79 Å². The van der Waals surface area contributed by atoms with Crippen molar-refractivity contribution in [2.45, 2.75) is 21.1 Å². The first-order valence-corrected chi connectivity index (χ1v) is 10.7. The molecule has 0 spiro atoms. The molecule has 1 aliphatic heterocycles. The first-order chi connectivity index (χ1) is 12.6. The van der Waals surface area contributed by atoms with E-state index in [1.807, 2.05) is 12.1 Å². The van der Waals surface area contributed by atoms with Crippen molar-refractivity contribution in [3.05, 3.63) is 72.8 Å². The van der Waals surface area contributed by atoms with E-state index in [0.717, 1.165) is 5.69 Å². The van der Waals surface area contributed by atoms with Gasteiger partial charge in [-0.15, -0.1) is 0 Å². The SMILES string of the molecule is CS1(c2ccc(NC(=O)CCO)cc2)c2ccccc2-c2ccccc21. The van der Waals surface area contributed by atoms with Gasteiger partial charge in [0.25, 0.3) is 0 Å². The number of rotatable bonds is 4. The molecule has 26 heavy (non-hydrogen) atoms. The Labute approximate surface area is 155 Å². The summed E-state index contributed by atoms with van der Waals surface area (Å²) < 4.78 is 0. The fourth-order valence-electron chi connectivity index (χ4n) is 3.60. The molecule has 3 nitrogen and oxygen atoms in total. The first kappa shape index (κ1) is 16.9. The second-order valence-corrected chi connectivity index (χ2v) is 9.65. The van der Waals surface area contributed by atoms with Crippen LogP contribution < -0.4 is 5.32 Å². The van der Waals surface area contributed by atoms with E-state index in [2.05, 4.69) is 72.2 Å². The van der Waals surface area contributed by atoms with Gasteiger partial charge in [-0.2, -0.15) is 10.0 Å². The zero-order valence-electron chi connectivity index (χ0n) is 14.6. The first-order valence-electron chi connectivity index (χ1n) is 8.62. The van der Waals surface area contributed by atoms with Crippen molar-refractivity contribution >= 4 is 21.6 Å². The number of nitrogens with one attached hydrogen (secondary N) is 1. The van der Waals surface area contributed by atoms with Crippen LogP contribution in [0.15, 0.2) is 87.5 Å². The molecule has 3 aromatic rings. The summed E-state index contributed by atoms with van der Waals surface area (Å²) in [5.74, 6) is -0.171. The van der Waals surface area contributed by atoms with Gasteiger partial charge in [0.1, 0.15) is 0 Å². The summed E-state index contributed by atoms with van der Waals surface area (Å²) in [4.78, 5) is 15.7. The number of hydrogen-bond acceptors (Lipinski definition) is 2. The quantitative estimate of drug-likeness (QED) is 0.693. The van der Waals surface area contributed by atoms with Gasteiger partial charge in [0.05, 0.1) is 13.0 Å². The Balaban J connectivity index is 1.76. The molecule has 0 saturated heterocycles. The van der Waals surface area contributed by atoms with Crippen molar-refractivity contribution in [2.24, 2.45) is 0 Å². The van der Waals surface area contributed by atoms with Crippen molar-refractivity contribution in [3.8, 4) is 11.1 Å². The van der Waals surface area contributed by atoms with Crippen molar-refractivity contribution in [2.75, 3.05) is 18.2 Å². The lowest BCUT2D eigenvalue weighted by molar-refractivity contribution is -0.116. The summed E-state index contributed by atoms with van der Waals surface area (Å²) in [5.41, 5.74) is 3.40. The van der Waals surface area contributed by atoms with Gasteiger partial charge in [-0.05, 0) is 58.7 Å². The molecule has 0 atom stereocenters. The van der Waals surface area contributed by atoms with E-state index in [1.165, 1.54) is 25.8 Å². The van der Waals surface area contributed by atoms with Crippen LogP contribution in [0.1, 0.15) is 6.42 Å². The molecule has 3 aromatic carbocycles. The van der Waals surface area contributed by atoms with Crippen LogP contribution in [-0.4, -0.2) is 23.9 Å². The Morgan fingerprint density at radius 3 is 1.96 bits per heavy atom. The molecule has 132 valence electrons. The molecule has 2 N–H and O–H groups in total. The van der Waals surface area contributed by atoms with E-state index in [0.29, 0.717) is 0 Å². The molecule has 4 rings (SSSR count). The van der Waals surface area contributed by atoms with Crippen LogP contribution in [0, 0.1) is 0 Å². The molecule has 0 saturated carbocycles. The molecule has 0 unspecified atom stereocenters. The smallest absolute Gasteiger partial charge is 0.226 e. The van der Waals surface area contributed by atoms with E-state index in [-0.39, 0.29) is 18.9 Å². The largest absolute Gasteiger partial charge is 0.396 e. The molecule has 1 heterocycles. The highest BCUT2D eigenvalue weighted by Crippen LogP contribution is 2.73. The number of benzene rings is 3. The normalized spacial score (nSPS) is 15.0. The van der Waals surface area contributed by atoms with Crippen LogP contribution in [0.2, 0.25) is 0 Å². The molecular weight excluding hydrogens is 342 g/mol. The molecule has 4 heteroatoms. The van der Waals surface area contributed by atoms with E-state index in [4.69, 9.17) is 5.11 Å². The van der Waals surface area contributed by atoms with Gasteiger partial charge < -0.3 is 10.4 Å². The minimum absolute atomic E-state index is 0.117. The molecule has 0 fully saturated rings. The summed E-state index contributed by atoms with van der Waals surface area (Å²) in [6, 6.07) is 25.4. The molecule has 0 aliphatic carbocycles. The highest BCUT2D eigenvalue weighted by molar-refractivity contribution is 8.33. The summed E-state index contributed by atoms with van der Waals surface area (Å²) in [6.45, 7) is -0.139. The van der Waals surface area contributed by atoms with Crippen molar-refractivity contribution in [3.63, 3.8) is 0 Å². The Morgan fingerprint density at radius 2 is 1.42 bits per heavy atom. The molecule has 1 aliphatic rings. The number of aliphatic hydroxyl groups is 1. The number of amides is 1. The van der Waals surface area contributed by atoms with E-state index in [9.17, 15) is 4.79 Å². The third kappa shape index (κ3) is 2.62. The maximum Gasteiger partial charge on any atom is 0.226 e. The maximum absolute atomic E-state index is 11.7. The number of carbonyl (C=O) groups is 1. The lowest BCUT2D eigenvalue weighted by Gasteiger charge is -2.34. The van der Waals surface area contributed by atoms with Crippen LogP contribution in [0.5, 0.6) is 0 Å². The van der Waals surface area contributed by atoms with Gasteiger partial charge in [-0.1, -0.05) is 36.4 Å². The highest BCUT2D eigenvalue weighted by atomic mass is 32.3. The van der Waals surface area contributed by atoms with E-state index >= 15 is 0 Å². The summed E-state index contributed by atoms with van der Waals surface area (Å²) in [5, 5.41) is 11.7. The molecule has 0 aromatic heterocycles. The van der Waals surface area contributed by atoms with Crippen LogP contribution in [-0.2, 0) is 4.79 Å². The monoisotopic (exact) mass is 363 g/mol. The van der Waals surface area contributed by atoms with Crippen molar-refractivity contribution in [1.29, 1.82) is 0 Å². The summed E-state index contributed by atoms with van der Waals surface area (Å²) in [6.07, 6.45) is 2.46. The topological polar surface area (TPSA) is 49.3 Å². The fraction of sp³-hybridized carbons (Fsp3) is 0.136. The highest BCUT2D eigenvalue weighted by Gasteiger charge is 2.36. The molecule has 0 bridgehead atoms. The van der Waals surface area contributed by atoms with Crippen molar-refractivity contribution < 1.29 is 9.90 Å². The predicted octanol–water partition coefficient (Wildman–Crippen LogP) is 4.90. The molecule has 0 radical (unpaired) electrons. The third-order valence-electron chi connectivity index (χ3n) is 4.89. The van der Waals surface area contributed by atoms with Gasteiger partial charge in [0.2, 0.25) is 5.91 Å². The van der Waals surface area contributed by atoms with Gasteiger partial charge in [0.15, 0.2) is 0 Å². The predicted molar refractivity (Wildman–Crippen MR) is 107 cm³/mol. The fourth-order valence-corrected chi connectivity index (χ4v) is 6.96. The van der Waals surface area contributed by atoms with Crippen LogP contribution in [0.4, 0.5) is 5.69 Å². The molecule has 1 amide bonds. The lowest BCUT2D eigenvalue weighted by atomic mass is 10.1. The maximum atomic E-state index is 11.7. The van der Waals surface area contributed by atoms with Crippen LogP contribution in [0.3, 0.4) is 0 Å². The number of carbonyl (C=O) groups excluding carboxylic acids is 1. The summed E-state index contributed by atoms with van der Waals surface area (Å²) in [7, 11) is -1.31. The molecular formula is C22H21NO2S. The minimum Gasteiger partial charge on any atom is -0.396 e. The number of hydrogen-bond donors (Lipinski definition) is 2. The number of aliphatic hydroxyl groups excluding tert-OH is 1. The second-order valence-electron chi connectivity index (χ2n) is 6.46. The van der Waals surface area contributed by atoms with Crippen molar-refractivity contribution in [1.82, 2.24) is 0 Å². The van der Waals surface area contributed by atoms with Crippen LogP contribution in [0.25, 0.3) is 11.1 Å². The Bertz CT molecular complexity index is 920. The Morgan fingerprint density at radius 1 is 0.885 bits per heavy atom. The number of anilines is 1. The average molecular weight is 363 g/mol. The number of fused-ring (bicyclic) bond motifs is 3. The van der Waals surface area contributed by atoms with Gasteiger partial charge in [-0.25, -0.2) is 0 Å². The standard InChI is InChI=1S/C22H21NO2S/c1-26(17-12-10-16(11-13-17)23-22(25)14-15-24)20-8-4-2-6-18(20)19-7-3-5-9-21(19)26/h2-13,24H,14-15H2,1H3,(H,23,25). The zero-order valence-corrected chi connectivity index (χ0v) is 15.4. The van der Waals surface area contributed by atoms with Gasteiger partial charge >= 0.3 is 0 Å². The van der Waals surface area contributed by atoms with E-state index < -0.39 is 10.0 Å². The van der Waals surface area contributed by atoms with Gasteiger partial charge in [0, 0.05) is 15.5 Å². The second kappa shape index (κ2) is 6.63. The van der Waals surface area contributed by atoms with Crippen LogP contribution >= 0.6 is 10.0 Å². The average Bonchev–Trinajstić information content (AvgIpc) is 2.93. The third-order valence-corrected chi connectivity index (χ3v) is 8.58. The lowest BCUT2D eigenvalue weighted by Crippen LogP contribution is -2.12. The summed E-state index contributed by atoms with van der Waals surface area (Å²) >= 11 is 0. The Kier molecular flexibility index (Phi) is 4.31. The van der Waals surface area contributed by atoms with E-state index in [1.54, 1.807) is 0 Å². The Hall–Kier alpha value is -2.56.